The number of hydrogen-bond donors (Lipinski definition) is 1. The summed E-state index contributed by atoms with van der Waals surface area (Å²) in [6.07, 6.45) is 0. The van der Waals surface area contributed by atoms with Crippen molar-refractivity contribution in [3.8, 4) is 17.1 Å². The first kappa shape index (κ1) is 18.6. The van der Waals surface area contributed by atoms with Gasteiger partial charge in [-0.05, 0) is 49.2 Å². The highest BCUT2D eigenvalue weighted by molar-refractivity contribution is 5.94. The second kappa shape index (κ2) is 8.03. The van der Waals surface area contributed by atoms with E-state index in [-0.39, 0.29) is 17.9 Å². The average molecular weight is 365 g/mol. The first-order chi connectivity index (χ1) is 13.0. The number of aryl methyl sites for hydroxylation is 1. The van der Waals surface area contributed by atoms with E-state index in [2.05, 4.69) is 15.5 Å². The van der Waals surface area contributed by atoms with E-state index in [0.717, 1.165) is 16.9 Å². The molecule has 0 spiro atoms. The summed E-state index contributed by atoms with van der Waals surface area (Å²) in [7, 11) is 1.62. The van der Waals surface area contributed by atoms with Gasteiger partial charge in [-0.3, -0.25) is 4.79 Å². The van der Waals surface area contributed by atoms with Crippen molar-refractivity contribution in [2.45, 2.75) is 26.8 Å². The van der Waals surface area contributed by atoms with E-state index >= 15 is 0 Å². The van der Waals surface area contributed by atoms with E-state index in [1.54, 1.807) is 19.2 Å². The monoisotopic (exact) mass is 365 g/mol. The zero-order valence-electron chi connectivity index (χ0n) is 15.9. The van der Waals surface area contributed by atoms with E-state index < -0.39 is 0 Å². The molecule has 0 unspecified atom stereocenters. The van der Waals surface area contributed by atoms with Crippen LogP contribution in [0.1, 0.15) is 41.7 Å². The number of nitrogens with one attached hydrogen (secondary N) is 1. The maximum Gasteiger partial charge on any atom is 0.251 e. The predicted octanol–water partition coefficient (Wildman–Crippen LogP) is 4.18. The fourth-order valence-corrected chi connectivity index (χ4v) is 2.66. The number of methoxy groups -OCH3 is 1. The third-order valence-corrected chi connectivity index (χ3v) is 4.32. The van der Waals surface area contributed by atoms with E-state index in [9.17, 15) is 4.79 Å². The quantitative estimate of drug-likeness (QED) is 0.709. The van der Waals surface area contributed by atoms with Gasteiger partial charge in [-0.2, -0.15) is 4.98 Å². The lowest BCUT2D eigenvalue weighted by Crippen LogP contribution is -2.32. The van der Waals surface area contributed by atoms with E-state index in [1.807, 2.05) is 57.2 Å². The summed E-state index contributed by atoms with van der Waals surface area (Å²) in [4.78, 5) is 17.1. The van der Waals surface area contributed by atoms with Gasteiger partial charge in [-0.1, -0.05) is 36.7 Å². The van der Waals surface area contributed by atoms with E-state index in [4.69, 9.17) is 9.26 Å². The van der Waals surface area contributed by atoms with Crippen LogP contribution in [-0.2, 0) is 0 Å². The first-order valence-corrected chi connectivity index (χ1v) is 8.83. The standard InChI is InChI=1S/C21H23N3O3/c1-13(2)18(22-20(25)16-7-5-14(3)6-8-16)21-23-19(24-27-21)15-9-11-17(26-4)12-10-15/h5-13,18H,1-4H3,(H,22,25)/t18-/m0/s1. The molecule has 2 aromatic carbocycles. The third-order valence-electron chi connectivity index (χ3n) is 4.32. The van der Waals surface area contributed by atoms with Crippen LogP contribution in [0.25, 0.3) is 11.4 Å². The van der Waals surface area contributed by atoms with Gasteiger partial charge in [-0.15, -0.1) is 0 Å². The smallest absolute Gasteiger partial charge is 0.251 e. The van der Waals surface area contributed by atoms with Crippen LogP contribution >= 0.6 is 0 Å². The number of rotatable bonds is 6. The van der Waals surface area contributed by atoms with Crippen molar-refractivity contribution < 1.29 is 14.1 Å². The molecule has 0 aliphatic rings. The number of carbonyl (C=O) groups excluding carboxylic acids is 1. The molecule has 1 heterocycles. The van der Waals surface area contributed by atoms with Gasteiger partial charge in [0.05, 0.1) is 7.11 Å². The summed E-state index contributed by atoms with van der Waals surface area (Å²) < 4.78 is 10.6. The van der Waals surface area contributed by atoms with Crippen LogP contribution in [0.5, 0.6) is 5.75 Å². The number of aromatic nitrogens is 2. The lowest BCUT2D eigenvalue weighted by atomic mass is 10.0. The topological polar surface area (TPSA) is 77.3 Å². The number of benzene rings is 2. The number of amides is 1. The number of ether oxygens (including phenoxy) is 1. The summed E-state index contributed by atoms with van der Waals surface area (Å²) in [6, 6.07) is 14.5. The lowest BCUT2D eigenvalue weighted by Gasteiger charge is -2.18. The average Bonchev–Trinajstić information content (AvgIpc) is 3.16. The fraction of sp³-hybridized carbons (Fsp3) is 0.286. The van der Waals surface area contributed by atoms with Gasteiger partial charge in [0.15, 0.2) is 0 Å². The third kappa shape index (κ3) is 4.34. The molecule has 0 saturated heterocycles. The number of nitrogens with zero attached hydrogens (tertiary/aromatic N) is 2. The molecule has 27 heavy (non-hydrogen) atoms. The second-order valence-corrected chi connectivity index (χ2v) is 6.75. The molecule has 3 aromatic rings. The predicted molar refractivity (Wildman–Crippen MR) is 103 cm³/mol. The van der Waals surface area contributed by atoms with Crippen LogP contribution in [0.15, 0.2) is 53.1 Å². The highest BCUT2D eigenvalue weighted by atomic mass is 16.5. The van der Waals surface area contributed by atoms with Gasteiger partial charge >= 0.3 is 0 Å². The number of carbonyl (C=O) groups is 1. The minimum Gasteiger partial charge on any atom is -0.497 e. The summed E-state index contributed by atoms with van der Waals surface area (Å²) in [5.74, 6) is 1.54. The minimum absolute atomic E-state index is 0.0866. The Morgan fingerprint density at radius 3 is 2.33 bits per heavy atom. The van der Waals surface area contributed by atoms with Crippen molar-refractivity contribution in [1.29, 1.82) is 0 Å². The van der Waals surface area contributed by atoms with Gasteiger partial charge in [0.1, 0.15) is 11.8 Å². The molecule has 6 heteroatoms. The van der Waals surface area contributed by atoms with Gasteiger partial charge in [0.25, 0.3) is 5.91 Å². The molecule has 0 aliphatic carbocycles. The second-order valence-electron chi connectivity index (χ2n) is 6.75. The molecule has 1 atom stereocenters. The summed E-state index contributed by atoms with van der Waals surface area (Å²) in [6.45, 7) is 5.98. The Morgan fingerprint density at radius 2 is 1.74 bits per heavy atom. The fourth-order valence-electron chi connectivity index (χ4n) is 2.66. The van der Waals surface area contributed by atoms with Gasteiger partial charge in [-0.25, -0.2) is 0 Å². The summed E-state index contributed by atoms with van der Waals surface area (Å²) in [5.41, 5.74) is 2.52. The van der Waals surface area contributed by atoms with Crippen LogP contribution in [0, 0.1) is 12.8 Å². The van der Waals surface area contributed by atoms with Crippen molar-refractivity contribution in [3.63, 3.8) is 0 Å². The van der Waals surface area contributed by atoms with Crippen molar-refractivity contribution in [3.05, 3.63) is 65.5 Å². The molecule has 0 fully saturated rings. The largest absolute Gasteiger partial charge is 0.497 e. The maximum absolute atomic E-state index is 12.6. The highest BCUT2D eigenvalue weighted by Gasteiger charge is 2.25. The SMILES string of the molecule is COc1ccc(-c2noc([C@@H](NC(=O)c3ccc(C)cc3)C(C)C)n2)cc1. The van der Waals surface area contributed by atoms with Crippen LogP contribution < -0.4 is 10.1 Å². The molecule has 0 aliphatic heterocycles. The summed E-state index contributed by atoms with van der Waals surface area (Å²) >= 11 is 0. The Morgan fingerprint density at radius 1 is 1.07 bits per heavy atom. The molecule has 6 nitrogen and oxygen atoms in total. The van der Waals surface area contributed by atoms with Gasteiger partial charge < -0.3 is 14.6 Å². The lowest BCUT2D eigenvalue weighted by molar-refractivity contribution is 0.0914. The van der Waals surface area contributed by atoms with E-state index in [0.29, 0.717) is 17.3 Å². The van der Waals surface area contributed by atoms with Crippen molar-refractivity contribution in [2.75, 3.05) is 7.11 Å². The molecule has 0 saturated carbocycles. The molecule has 1 aromatic heterocycles. The Balaban J connectivity index is 1.79. The minimum atomic E-state index is -0.377. The molecule has 1 N–H and O–H groups in total. The molecule has 0 radical (unpaired) electrons. The van der Waals surface area contributed by atoms with Gasteiger partial charge in [0.2, 0.25) is 11.7 Å². The molecule has 1 amide bonds. The highest BCUT2D eigenvalue weighted by Crippen LogP contribution is 2.25. The zero-order chi connectivity index (χ0) is 19.4. The maximum atomic E-state index is 12.6. The Hall–Kier alpha value is -3.15. The first-order valence-electron chi connectivity index (χ1n) is 8.83. The van der Waals surface area contributed by atoms with Crippen LogP contribution in [-0.4, -0.2) is 23.2 Å². The molecule has 140 valence electrons. The van der Waals surface area contributed by atoms with Gasteiger partial charge in [0, 0.05) is 11.1 Å². The van der Waals surface area contributed by atoms with Crippen LogP contribution in [0.4, 0.5) is 0 Å². The van der Waals surface area contributed by atoms with Crippen molar-refractivity contribution in [1.82, 2.24) is 15.5 Å². The zero-order valence-corrected chi connectivity index (χ0v) is 15.9. The van der Waals surface area contributed by atoms with Crippen LogP contribution in [0.3, 0.4) is 0 Å². The van der Waals surface area contributed by atoms with Crippen molar-refractivity contribution >= 4 is 5.91 Å². The Labute approximate surface area is 158 Å². The Kier molecular flexibility index (Phi) is 5.54. The molecule has 3 rings (SSSR count). The normalized spacial score (nSPS) is 12.0. The summed E-state index contributed by atoms with van der Waals surface area (Å²) in [5, 5.41) is 7.05. The molecule has 0 bridgehead atoms. The molecular formula is C21H23N3O3. The molecular weight excluding hydrogens is 342 g/mol. The Bertz CT molecular complexity index is 899. The number of hydrogen-bond acceptors (Lipinski definition) is 5. The van der Waals surface area contributed by atoms with E-state index in [1.165, 1.54) is 0 Å². The van der Waals surface area contributed by atoms with Crippen LogP contribution in [0.2, 0.25) is 0 Å². The van der Waals surface area contributed by atoms with Crippen molar-refractivity contribution in [2.24, 2.45) is 5.92 Å².